The maximum Gasteiger partial charge on any atom is 0.0472 e. The lowest BCUT2D eigenvalue weighted by Gasteiger charge is -2.39. The molecular weight excluding hydrogens is 293 g/mol. The summed E-state index contributed by atoms with van der Waals surface area (Å²) in [7, 11) is 0. The molecule has 0 aromatic heterocycles. The number of piperazine rings is 1. The first-order valence-electron chi connectivity index (χ1n) is 7.31. The van der Waals surface area contributed by atoms with Gasteiger partial charge in [-0.1, -0.05) is 23.2 Å². The lowest BCUT2D eigenvalue weighted by molar-refractivity contribution is 0.0938. The molecule has 0 amide bonds. The highest BCUT2D eigenvalue weighted by molar-refractivity contribution is 6.34. The molecule has 0 bridgehead atoms. The van der Waals surface area contributed by atoms with E-state index in [1.807, 2.05) is 12.1 Å². The van der Waals surface area contributed by atoms with Crippen LogP contribution in [0.15, 0.2) is 18.2 Å². The van der Waals surface area contributed by atoms with E-state index in [0.717, 1.165) is 37.8 Å². The highest BCUT2D eigenvalue weighted by Crippen LogP contribution is 2.31. The molecule has 20 heavy (non-hydrogen) atoms. The highest BCUT2D eigenvalue weighted by atomic mass is 35.5. The van der Waals surface area contributed by atoms with Crippen LogP contribution in [0.5, 0.6) is 0 Å². The molecule has 2 aliphatic rings. The molecule has 2 fully saturated rings. The van der Waals surface area contributed by atoms with Crippen LogP contribution in [0.2, 0.25) is 10.0 Å². The number of benzene rings is 1. The number of nitrogens with two attached hydrogens (primary N) is 1. The Labute approximate surface area is 130 Å². The van der Waals surface area contributed by atoms with Crippen molar-refractivity contribution in [3.8, 4) is 0 Å². The van der Waals surface area contributed by atoms with Gasteiger partial charge in [0.15, 0.2) is 0 Å². The minimum Gasteiger partial charge on any atom is -0.329 e. The molecule has 1 saturated carbocycles. The van der Waals surface area contributed by atoms with Crippen molar-refractivity contribution >= 4 is 23.2 Å². The minimum absolute atomic E-state index is 0.215. The first kappa shape index (κ1) is 14.6. The molecule has 1 aliphatic carbocycles. The van der Waals surface area contributed by atoms with Gasteiger partial charge in [0.05, 0.1) is 0 Å². The van der Waals surface area contributed by atoms with Crippen molar-refractivity contribution in [1.29, 1.82) is 0 Å². The van der Waals surface area contributed by atoms with Crippen molar-refractivity contribution in [3.05, 3.63) is 33.8 Å². The summed E-state index contributed by atoms with van der Waals surface area (Å²) in [4.78, 5) is 5.07. The van der Waals surface area contributed by atoms with Crippen LogP contribution in [-0.4, -0.2) is 48.6 Å². The maximum absolute atomic E-state index is 6.11. The van der Waals surface area contributed by atoms with Gasteiger partial charge in [-0.25, -0.2) is 0 Å². The van der Waals surface area contributed by atoms with E-state index in [1.54, 1.807) is 6.07 Å². The fourth-order valence-corrected chi connectivity index (χ4v) is 3.66. The molecule has 1 aromatic carbocycles. The van der Waals surface area contributed by atoms with Crippen LogP contribution in [-0.2, 0) is 0 Å². The molecule has 1 aromatic rings. The van der Waals surface area contributed by atoms with Crippen LogP contribution in [0.4, 0.5) is 0 Å². The van der Waals surface area contributed by atoms with Crippen LogP contribution in [0.1, 0.15) is 24.4 Å². The highest BCUT2D eigenvalue weighted by Gasteiger charge is 2.32. The molecule has 1 heterocycles. The summed E-state index contributed by atoms with van der Waals surface area (Å²) >= 11 is 12.2. The van der Waals surface area contributed by atoms with Crippen molar-refractivity contribution < 1.29 is 0 Å². The molecule has 1 atom stereocenters. The van der Waals surface area contributed by atoms with Gasteiger partial charge < -0.3 is 5.73 Å². The van der Waals surface area contributed by atoms with E-state index in [0.29, 0.717) is 16.6 Å². The smallest absolute Gasteiger partial charge is 0.0472 e. The zero-order chi connectivity index (χ0) is 14.1. The summed E-state index contributed by atoms with van der Waals surface area (Å²) in [5.41, 5.74) is 7.13. The van der Waals surface area contributed by atoms with E-state index in [2.05, 4.69) is 9.80 Å². The molecular formula is C15H21Cl2N3. The molecule has 2 N–H and O–H groups in total. The zero-order valence-corrected chi connectivity index (χ0v) is 13.1. The topological polar surface area (TPSA) is 32.5 Å². The first-order chi connectivity index (χ1) is 9.67. The molecule has 110 valence electrons. The van der Waals surface area contributed by atoms with Crippen LogP contribution in [0, 0.1) is 0 Å². The lowest BCUT2D eigenvalue weighted by atomic mass is 10.0. The van der Waals surface area contributed by atoms with E-state index in [9.17, 15) is 0 Å². The Bertz CT molecular complexity index is 448. The molecule has 1 saturated heterocycles. The Kier molecular flexibility index (Phi) is 4.53. The molecule has 0 radical (unpaired) electrons. The van der Waals surface area contributed by atoms with E-state index >= 15 is 0 Å². The number of halogens is 2. The standard InChI is InChI=1S/C15H21Cl2N3/c16-12-7-11(8-13(17)9-12)15(10-18)20-5-3-19(4-6-20)14-1-2-14/h7-9,14-15H,1-6,10,18H2. The van der Waals surface area contributed by atoms with Crippen LogP contribution < -0.4 is 5.73 Å². The fraction of sp³-hybridized carbons (Fsp3) is 0.600. The van der Waals surface area contributed by atoms with Gasteiger partial charge in [0.1, 0.15) is 0 Å². The number of hydrogen-bond donors (Lipinski definition) is 1. The monoisotopic (exact) mass is 313 g/mol. The zero-order valence-electron chi connectivity index (χ0n) is 11.6. The SMILES string of the molecule is NCC(c1cc(Cl)cc(Cl)c1)N1CCN(C2CC2)CC1. The van der Waals surface area contributed by atoms with E-state index < -0.39 is 0 Å². The van der Waals surface area contributed by atoms with Crippen molar-refractivity contribution in [2.45, 2.75) is 24.9 Å². The average Bonchev–Trinajstić information content (AvgIpc) is 3.24. The Morgan fingerprint density at radius 1 is 1.05 bits per heavy atom. The molecule has 3 rings (SSSR count). The predicted molar refractivity (Wildman–Crippen MR) is 84.4 cm³/mol. The van der Waals surface area contributed by atoms with Crippen LogP contribution in [0.25, 0.3) is 0 Å². The fourth-order valence-electron chi connectivity index (χ4n) is 3.12. The summed E-state index contributed by atoms with van der Waals surface area (Å²) in [6.45, 7) is 5.04. The lowest BCUT2D eigenvalue weighted by Crippen LogP contribution is -2.49. The van der Waals surface area contributed by atoms with Crippen LogP contribution in [0.3, 0.4) is 0 Å². The largest absolute Gasteiger partial charge is 0.329 e. The van der Waals surface area contributed by atoms with Crippen molar-refractivity contribution in [2.75, 3.05) is 32.7 Å². The third-order valence-electron chi connectivity index (χ3n) is 4.35. The predicted octanol–water partition coefficient (Wildman–Crippen LogP) is 2.77. The second-order valence-electron chi connectivity index (χ2n) is 5.76. The number of hydrogen-bond acceptors (Lipinski definition) is 3. The van der Waals surface area contributed by atoms with Gasteiger partial charge in [-0.05, 0) is 36.6 Å². The van der Waals surface area contributed by atoms with Gasteiger partial charge in [0.2, 0.25) is 0 Å². The van der Waals surface area contributed by atoms with Gasteiger partial charge >= 0.3 is 0 Å². The van der Waals surface area contributed by atoms with Crippen molar-refractivity contribution in [1.82, 2.24) is 9.80 Å². The number of nitrogens with zero attached hydrogens (tertiary/aromatic N) is 2. The summed E-state index contributed by atoms with van der Waals surface area (Å²) in [5.74, 6) is 0. The summed E-state index contributed by atoms with van der Waals surface area (Å²) < 4.78 is 0. The second kappa shape index (κ2) is 6.20. The number of rotatable bonds is 4. The van der Waals surface area contributed by atoms with Gasteiger partial charge in [0.25, 0.3) is 0 Å². The second-order valence-corrected chi connectivity index (χ2v) is 6.63. The average molecular weight is 314 g/mol. The summed E-state index contributed by atoms with van der Waals surface area (Å²) in [6, 6.07) is 6.81. The minimum atomic E-state index is 0.215. The summed E-state index contributed by atoms with van der Waals surface area (Å²) in [5, 5.41) is 1.37. The Morgan fingerprint density at radius 3 is 2.15 bits per heavy atom. The normalized spacial score (nSPS) is 22.9. The third-order valence-corrected chi connectivity index (χ3v) is 4.78. The molecule has 0 spiro atoms. The van der Waals surface area contributed by atoms with Gasteiger partial charge in [-0.15, -0.1) is 0 Å². The van der Waals surface area contributed by atoms with E-state index in [-0.39, 0.29) is 6.04 Å². The quantitative estimate of drug-likeness (QED) is 0.927. The molecule has 1 unspecified atom stereocenters. The van der Waals surface area contributed by atoms with Crippen molar-refractivity contribution in [2.24, 2.45) is 5.73 Å². The molecule has 1 aliphatic heterocycles. The van der Waals surface area contributed by atoms with Gasteiger partial charge in [-0.3, -0.25) is 9.80 Å². The molecule has 5 heteroatoms. The Hall–Kier alpha value is -0.320. The maximum atomic E-state index is 6.11. The Balaban J connectivity index is 1.69. The van der Waals surface area contributed by atoms with E-state index in [1.165, 1.54) is 12.8 Å². The third kappa shape index (κ3) is 3.29. The van der Waals surface area contributed by atoms with Gasteiger partial charge in [0, 0.05) is 54.9 Å². The first-order valence-corrected chi connectivity index (χ1v) is 8.07. The summed E-state index contributed by atoms with van der Waals surface area (Å²) in [6.07, 6.45) is 2.76. The Morgan fingerprint density at radius 2 is 1.65 bits per heavy atom. The molecule has 3 nitrogen and oxygen atoms in total. The van der Waals surface area contributed by atoms with Crippen LogP contribution >= 0.6 is 23.2 Å². The van der Waals surface area contributed by atoms with Crippen molar-refractivity contribution in [3.63, 3.8) is 0 Å². The van der Waals surface area contributed by atoms with Gasteiger partial charge in [-0.2, -0.15) is 0 Å². The van der Waals surface area contributed by atoms with E-state index in [4.69, 9.17) is 28.9 Å².